The van der Waals surface area contributed by atoms with Crippen LogP contribution in [0.2, 0.25) is 0 Å². The summed E-state index contributed by atoms with van der Waals surface area (Å²) in [5.74, 6) is 0.390. The molecule has 5 heteroatoms. The van der Waals surface area contributed by atoms with Crippen molar-refractivity contribution in [2.24, 2.45) is 10.5 Å². The lowest BCUT2D eigenvalue weighted by atomic mass is 9.87. The summed E-state index contributed by atoms with van der Waals surface area (Å²) in [6.45, 7) is 7.72. The SMILES string of the molecule is CC(C)(C)C(=O)C[C@@]1(C)NN=C(c2ccccc2O)S1. The van der Waals surface area contributed by atoms with Gasteiger partial charge in [0.2, 0.25) is 0 Å². The van der Waals surface area contributed by atoms with Crippen LogP contribution in [0.15, 0.2) is 29.4 Å². The first kappa shape index (κ1) is 14.9. The molecule has 0 saturated heterocycles. The topological polar surface area (TPSA) is 61.7 Å². The van der Waals surface area contributed by atoms with Gasteiger partial charge in [0.05, 0.1) is 5.56 Å². The minimum absolute atomic E-state index is 0.189. The Morgan fingerprint density at radius 1 is 1.40 bits per heavy atom. The zero-order chi connectivity index (χ0) is 15.0. The minimum atomic E-state index is -0.456. The third kappa shape index (κ3) is 3.15. The lowest BCUT2D eigenvalue weighted by molar-refractivity contribution is -0.126. The van der Waals surface area contributed by atoms with Crippen LogP contribution in [-0.2, 0) is 4.79 Å². The van der Waals surface area contributed by atoms with E-state index in [2.05, 4.69) is 10.5 Å². The number of phenolic OH excluding ortho intramolecular Hbond substituents is 1. The monoisotopic (exact) mass is 292 g/mol. The molecule has 0 amide bonds. The number of hydrogen-bond donors (Lipinski definition) is 2. The fourth-order valence-electron chi connectivity index (χ4n) is 1.84. The number of nitrogens with one attached hydrogen (secondary N) is 1. The van der Waals surface area contributed by atoms with Gasteiger partial charge in [0, 0.05) is 11.8 Å². The van der Waals surface area contributed by atoms with Gasteiger partial charge in [-0.15, -0.1) is 0 Å². The van der Waals surface area contributed by atoms with E-state index in [0.29, 0.717) is 17.0 Å². The van der Waals surface area contributed by atoms with Crippen molar-refractivity contribution >= 4 is 22.6 Å². The molecule has 1 aromatic rings. The second kappa shape index (κ2) is 5.13. The Morgan fingerprint density at radius 2 is 2.05 bits per heavy atom. The molecule has 108 valence electrons. The van der Waals surface area contributed by atoms with Crippen molar-refractivity contribution in [3.05, 3.63) is 29.8 Å². The summed E-state index contributed by atoms with van der Waals surface area (Å²) in [6.07, 6.45) is 0.391. The number of hydrogen-bond acceptors (Lipinski definition) is 5. The van der Waals surface area contributed by atoms with Crippen molar-refractivity contribution in [2.45, 2.75) is 39.0 Å². The van der Waals surface area contributed by atoms with Crippen LogP contribution in [0.25, 0.3) is 0 Å². The van der Waals surface area contributed by atoms with Crippen LogP contribution in [0.1, 0.15) is 39.7 Å². The normalized spacial score (nSPS) is 22.3. The van der Waals surface area contributed by atoms with Crippen LogP contribution in [0.3, 0.4) is 0 Å². The predicted molar refractivity (Wildman–Crippen MR) is 82.9 cm³/mol. The standard InChI is InChI=1S/C15H20N2O2S/c1-14(2,3)12(19)9-15(4)17-16-13(20-15)10-7-5-6-8-11(10)18/h5-8,17-18H,9H2,1-4H3/t15-/m0/s1. The van der Waals surface area contributed by atoms with E-state index in [9.17, 15) is 9.90 Å². The minimum Gasteiger partial charge on any atom is -0.507 e. The highest BCUT2D eigenvalue weighted by molar-refractivity contribution is 8.15. The quantitative estimate of drug-likeness (QED) is 0.898. The van der Waals surface area contributed by atoms with Gasteiger partial charge in [-0.1, -0.05) is 44.7 Å². The maximum atomic E-state index is 12.2. The number of carbonyl (C=O) groups excluding carboxylic acids is 1. The third-order valence-corrected chi connectivity index (χ3v) is 4.38. The zero-order valence-electron chi connectivity index (χ0n) is 12.2. The molecule has 0 aliphatic carbocycles. The first-order valence-corrected chi connectivity index (χ1v) is 7.38. The Labute approximate surface area is 123 Å². The first-order valence-electron chi connectivity index (χ1n) is 6.57. The Balaban J connectivity index is 2.11. The van der Waals surface area contributed by atoms with E-state index in [4.69, 9.17) is 0 Å². The van der Waals surface area contributed by atoms with E-state index in [1.165, 1.54) is 11.8 Å². The summed E-state index contributed by atoms with van der Waals surface area (Å²) in [5, 5.41) is 14.9. The highest BCUT2D eigenvalue weighted by Crippen LogP contribution is 2.38. The van der Waals surface area contributed by atoms with Gasteiger partial charge >= 0.3 is 0 Å². The lowest BCUT2D eigenvalue weighted by Gasteiger charge is -2.26. The van der Waals surface area contributed by atoms with E-state index in [1.807, 2.05) is 39.8 Å². The molecule has 1 aliphatic heterocycles. The Bertz CT molecular complexity index is 563. The number of benzene rings is 1. The number of para-hydroxylation sites is 1. The van der Waals surface area contributed by atoms with Crippen LogP contribution in [-0.4, -0.2) is 20.8 Å². The number of ketones is 1. The number of rotatable bonds is 3. The van der Waals surface area contributed by atoms with Gasteiger partial charge in [-0.3, -0.25) is 10.2 Å². The molecular weight excluding hydrogens is 272 g/mol. The molecule has 0 saturated carbocycles. The summed E-state index contributed by atoms with van der Waals surface area (Å²) in [6, 6.07) is 7.08. The highest BCUT2D eigenvalue weighted by Gasteiger charge is 2.38. The number of phenols is 1. The van der Waals surface area contributed by atoms with Crippen LogP contribution in [0.5, 0.6) is 5.75 Å². The highest BCUT2D eigenvalue weighted by atomic mass is 32.2. The molecule has 2 rings (SSSR count). The van der Waals surface area contributed by atoms with Crippen LogP contribution < -0.4 is 5.43 Å². The molecule has 1 aliphatic rings. The van der Waals surface area contributed by atoms with Gasteiger partial charge in [0.15, 0.2) is 0 Å². The molecule has 0 spiro atoms. The van der Waals surface area contributed by atoms with Crippen LogP contribution in [0.4, 0.5) is 0 Å². The number of nitrogens with zero attached hydrogens (tertiary/aromatic N) is 1. The fourth-order valence-corrected chi connectivity index (χ4v) is 2.94. The van der Waals surface area contributed by atoms with Gasteiger partial charge in [-0.05, 0) is 19.1 Å². The second-order valence-electron chi connectivity index (χ2n) is 6.23. The predicted octanol–water partition coefficient (Wildman–Crippen LogP) is 3.11. The van der Waals surface area contributed by atoms with Gasteiger partial charge in [0.25, 0.3) is 0 Å². The van der Waals surface area contributed by atoms with E-state index in [-0.39, 0.29) is 16.9 Å². The summed E-state index contributed by atoms with van der Waals surface area (Å²) >= 11 is 1.48. The maximum Gasteiger partial charge on any atom is 0.141 e. The summed E-state index contributed by atoms with van der Waals surface area (Å²) in [4.78, 5) is 11.7. The molecule has 1 heterocycles. The maximum absolute atomic E-state index is 12.2. The van der Waals surface area contributed by atoms with Crippen molar-refractivity contribution in [2.75, 3.05) is 0 Å². The van der Waals surface area contributed by atoms with Gasteiger partial charge in [0.1, 0.15) is 21.4 Å². The smallest absolute Gasteiger partial charge is 0.141 e. The zero-order valence-corrected chi connectivity index (χ0v) is 13.0. The molecule has 0 bridgehead atoms. The summed E-state index contributed by atoms with van der Waals surface area (Å²) in [7, 11) is 0. The van der Waals surface area contributed by atoms with Crippen molar-refractivity contribution in [3.8, 4) is 5.75 Å². The number of thioether (sulfide) groups is 1. The number of Topliss-reactive ketones (excluding diaryl/α,β-unsaturated/α-hetero) is 1. The Kier molecular flexibility index (Phi) is 3.82. The average molecular weight is 292 g/mol. The first-order chi connectivity index (χ1) is 9.21. The summed E-state index contributed by atoms with van der Waals surface area (Å²) < 4.78 is 0. The van der Waals surface area contributed by atoms with E-state index in [0.717, 1.165) is 0 Å². The second-order valence-corrected chi connectivity index (χ2v) is 7.72. The largest absolute Gasteiger partial charge is 0.507 e. The van der Waals surface area contributed by atoms with Gasteiger partial charge in [-0.25, -0.2) is 0 Å². The van der Waals surface area contributed by atoms with E-state index >= 15 is 0 Å². The molecule has 0 fully saturated rings. The molecule has 0 unspecified atom stereocenters. The van der Waals surface area contributed by atoms with Crippen molar-refractivity contribution in [1.82, 2.24) is 5.43 Å². The average Bonchev–Trinajstić information content (AvgIpc) is 2.71. The summed E-state index contributed by atoms with van der Waals surface area (Å²) in [5.41, 5.74) is 3.36. The molecule has 2 N–H and O–H groups in total. The molecular formula is C15H20N2O2S. The van der Waals surface area contributed by atoms with E-state index in [1.54, 1.807) is 12.1 Å². The van der Waals surface area contributed by atoms with Crippen molar-refractivity contribution in [3.63, 3.8) is 0 Å². The van der Waals surface area contributed by atoms with Crippen molar-refractivity contribution in [1.29, 1.82) is 0 Å². The Morgan fingerprint density at radius 3 is 2.65 bits per heavy atom. The van der Waals surface area contributed by atoms with E-state index < -0.39 is 4.87 Å². The molecule has 0 radical (unpaired) electrons. The molecule has 1 atom stereocenters. The van der Waals surface area contributed by atoms with Crippen LogP contribution >= 0.6 is 11.8 Å². The number of hydrazone groups is 1. The number of aromatic hydroxyl groups is 1. The molecule has 0 aromatic heterocycles. The Hall–Kier alpha value is -1.49. The van der Waals surface area contributed by atoms with Crippen molar-refractivity contribution < 1.29 is 9.90 Å². The number of carbonyl (C=O) groups is 1. The fraction of sp³-hybridized carbons (Fsp3) is 0.467. The van der Waals surface area contributed by atoms with Crippen LogP contribution in [0, 0.1) is 5.41 Å². The molecule has 1 aromatic carbocycles. The molecule has 4 nitrogen and oxygen atoms in total. The molecule has 20 heavy (non-hydrogen) atoms. The van der Waals surface area contributed by atoms with Gasteiger partial charge in [-0.2, -0.15) is 5.10 Å². The lowest BCUT2D eigenvalue weighted by Crippen LogP contribution is -2.37. The third-order valence-electron chi connectivity index (χ3n) is 3.18. The van der Waals surface area contributed by atoms with Gasteiger partial charge < -0.3 is 5.11 Å².